The Morgan fingerprint density at radius 1 is 1.45 bits per heavy atom. The molecular weight excluding hydrogens is 322 g/mol. The van der Waals surface area contributed by atoms with Gasteiger partial charge < -0.3 is 10.0 Å². The van der Waals surface area contributed by atoms with Crippen molar-refractivity contribution >= 4 is 21.8 Å². The lowest BCUT2D eigenvalue weighted by Gasteiger charge is -2.22. The number of likely N-dealkylation sites (N-methyl/N-ethyl adjacent to an activating group) is 1. The van der Waals surface area contributed by atoms with Gasteiger partial charge in [0, 0.05) is 12.6 Å². The molecule has 0 aliphatic heterocycles. The number of hydrogen-bond acceptors (Lipinski definition) is 3. The predicted octanol–water partition coefficient (Wildman–Crippen LogP) is 2.29. The molecule has 0 radical (unpaired) electrons. The molecule has 1 amide bonds. The molecule has 1 aromatic carbocycles. The van der Waals surface area contributed by atoms with Crippen LogP contribution >= 0.6 is 15.9 Å². The summed E-state index contributed by atoms with van der Waals surface area (Å²) in [7, 11) is 1.65. The van der Waals surface area contributed by atoms with Crippen molar-refractivity contribution in [2.45, 2.75) is 13.0 Å². The van der Waals surface area contributed by atoms with Crippen LogP contribution in [0.5, 0.6) is 0 Å². The van der Waals surface area contributed by atoms with Crippen LogP contribution in [-0.2, 0) is 0 Å². The summed E-state index contributed by atoms with van der Waals surface area (Å²) in [5.41, 5.74) is 2.00. The van der Waals surface area contributed by atoms with E-state index in [0.717, 1.165) is 5.56 Å². The van der Waals surface area contributed by atoms with Crippen molar-refractivity contribution in [2.24, 2.45) is 0 Å². The van der Waals surface area contributed by atoms with Gasteiger partial charge in [-0.15, -0.1) is 0 Å². The number of hydrogen-bond donors (Lipinski definition) is 2. The highest BCUT2D eigenvalue weighted by Gasteiger charge is 2.23. The van der Waals surface area contributed by atoms with Crippen LogP contribution in [0.1, 0.15) is 17.4 Å². The highest BCUT2D eigenvalue weighted by Crippen LogP contribution is 2.29. The molecule has 0 aliphatic carbocycles. The molecule has 5 nitrogen and oxygen atoms in total. The molecule has 1 heterocycles. The Kier molecular flexibility index (Phi) is 4.57. The lowest BCUT2D eigenvalue weighted by atomic mass is 10.1. The SMILES string of the molecule is CC(CO)N(C)C(=O)c1[nH]nc(-c2ccccc2)c1Br. The standard InChI is InChI=1S/C14H16BrN3O2/c1-9(8-19)18(2)14(20)13-11(15)12(16-17-13)10-6-4-3-5-7-10/h3-7,9,19H,8H2,1-2H3,(H,16,17). The second kappa shape index (κ2) is 6.19. The number of rotatable bonds is 4. The Labute approximate surface area is 125 Å². The van der Waals surface area contributed by atoms with Gasteiger partial charge in [-0.1, -0.05) is 30.3 Å². The number of benzene rings is 1. The van der Waals surface area contributed by atoms with Gasteiger partial charge >= 0.3 is 0 Å². The summed E-state index contributed by atoms with van der Waals surface area (Å²) >= 11 is 3.42. The van der Waals surface area contributed by atoms with E-state index in [0.29, 0.717) is 15.9 Å². The number of carbonyl (C=O) groups excluding carboxylic acids is 1. The average Bonchev–Trinajstić information content (AvgIpc) is 2.87. The van der Waals surface area contributed by atoms with Crippen molar-refractivity contribution in [1.82, 2.24) is 15.1 Å². The number of carbonyl (C=O) groups is 1. The van der Waals surface area contributed by atoms with Crippen LogP contribution in [0.15, 0.2) is 34.8 Å². The van der Waals surface area contributed by atoms with Gasteiger partial charge in [0.2, 0.25) is 0 Å². The maximum atomic E-state index is 12.3. The molecule has 1 atom stereocenters. The summed E-state index contributed by atoms with van der Waals surface area (Å²) in [6.07, 6.45) is 0. The topological polar surface area (TPSA) is 69.2 Å². The van der Waals surface area contributed by atoms with E-state index in [4.69, 9.17) is 5.11 Å². The molecule has 0 aliphatic rings. The zero-order chi connectivity index (χ0) is 14.7. The minimum atomic E-state index is -0.252. The van der Waals surface area contributed by atoms with E-state index in [1.54, 1.807) is 14.0 Å². The quantitative estimate of drug-likeness (QED) is 0.899. The smallest absolute Gasteiger partial charge is 0.273 e. The molecule has 0 spiro atoms. The molecule has 20 heavy (non-hydrogen) atoms. The lowest BCUT2D eigenvalue weighted by molar-refractivity contribution is 0.0675. The molecule has 2 rings (SSSR count). The van der Waals surface area contributed by atoms with Crippen LogP contribution in [0.2, 0.25) is 0 Å². The zero-order valence-corrected chi connectivity index (χ0v) is 12.9. The van der Waals surface area contributed by atoms with E-state index in [9.17, 15) is 4.79 Å². The number of nitrogens with zero attached hydrogens (tertiary/aromatic N) is 2. The monoisotopic (exact) mass is 337 g/mol. The van der Waals surface area contributed by atoms with Gasteiger partial charge in [-0.2, -0.15) is 5.10 Å². The number of aliphatic hydroxyl groups is 1. The van der Waals surface area contributed by atoms with Crippen molar-refractivity contribution in [1.29, 1.82) is 0 Å². The van der Waals surface area contributed by atoms with Crippen LogP contribution in [0.25, 0.3) is 11.3 Å². The number of aromatic amines is 1. The van der Waals surface area contributed by atoms with Gasteiger partial charge in [0.05, 0.1) is 17.1 Å². The number of amides is 1. The lowest BCUT2D eigenvalue weighted by Crippen LogP contribution is -2.37. The van der Waals surface area contributed by atoms with Crippen molar-refractivity contribution in [3.8, 4) is 11.3 Å². The summed E-state index contributed by atoms with van der Waals surface area (Å²) in [6, 6.07) is 9.35. The third kappa shape index (κ3) is 2.76. The number of aliphatic hydroxyl groups excluding tert-OH is 1. The van der Waals surface area contributed by atoms with Gasteiger partial charge in [-0.3, -0.25) is 9.89 Å². The molecule has 0 saturated heterocycles. The fourth-order valence-corrected chi connectivity index (χ4v) is 2.33. The predicted molar refractivity (Wildman–Crippen MR) is 80.4 cm³/mol. The first kappa shape index (κ1) is 14.7. The summed E-state index contributed by atoms with van der Waals surface area (Å²) in [5, 5.41) is 16.1. The largest absolute Gasteiger partial charge is 0.394 e. The maximum absolute atomic E-state index is 12.3. The molecule has 0 bridgehead atoms. The Hall–Kier alpha value is -1.66. The van der Waals surface area contributed by atoms with Crippen molar-refractivity contribution in [3.63, 3.8) is 0 Å². The number of aromatic nitrogens is 2. The molecule has 106 valence electrons. The van der Waals surface area contributed by atoms with Crippen molar-refractivity contribution in [2.75, 3.05) is 13.7 Å². The Bertz CT molecular complexity index is 598. The molecule has 2 aromatic rings. The third-order valence-electron chi connectivity index (χ3n) is 3.21. The molecule has 1 unspecified atom stereocenters. The second-order valence-electron chi connectivity index (χ2n) is 4.57. The third-order valence-corrected chi connectivity index (χ3v) is 3.99. The van der Waals surface area contributed by atoms with Crippen LogP contribution < -0.4 is 0 Å². The molecule has 1 aromatic heterocycles. The van der Waals surface area contributed by atoms with Crippen molar-refractivity contribution in [3.05, 3.63) is 40.5 Å². The van der Waals surface area contributed by atoms with E-state index in [1.165, 1.54) is 4.90 Å². The second-order valence-corrected chi connectivity index (χ2v) is 5.37. The van der Waals surface area contributed by atoms with Crippen LogP contribution in [-0.4, -0.2) is 45.8 Å². The van der Waals surface area contributed by atoms with E-state index >= 15 is 0 Å². The molecule has 0 saturated carbocycles. The van der Waals surface area contributed by atoms with Crippen LogP contribution in [0.4, 0.5) is 0 Å². The van der Waals surface area contributed by atoms with E-state index in [1.807, 2.05) is 30.3 Å². The summed E-state index contributed by atoms with van der Waals surface area (Å²) in [5.74, 6) is -0.215. The van der Waals surface area contributed by atoms with Gasteiger partial charge in [0.15, 0.2) is 0 Å². The Morgan fingerprint density at radius 3 is 2.70 bits per heavy atom. The minimum absolute atomic E-state index is 0.0838. The van der Waals surface area contributed by atoms with Crippen molar-refractivity contribution < 1.29 is 9.90 Å². The fraction of sp³-hybridized carbons (Fsp3) is 0.286. The number of halogens is 1. The normalized spacial score (nSPS) is 12.2. The van der Waals surface area contributed by atoms with E-state index < -0.39 is 0 Å². The first-order chi connectivity index (χ1) is 9.56. The molecule has 6 heteroatoms. The first-order valence-electron chi connectivity index (χ1n) is 6.23. The summed E-state index contributed by atoms with van der Waals surface area (Å²) in [6.45, 7) is 1.69. The number of H-pyrrole nitrogens is 1. The first-order valence-corrected chi connectivity index (χ1v) is 7.02. The zero-order valence-electron chi connectivity index (χ0n) is 11.3. The maximum Gasteiger partial charge on any atom is 0.273 e. The Morgan fingerprint density at radius 2 is 2.10 bits per heavy atom. The van der Waals surface area contributed by atoms with E-state index in [-0.39, 0.29) is 18.6 Å². The van der Waals surface area contributed by atoms with Gasteiger partial charge in [0.25, 0.3) is 5.91 Å². The fourth-order valence-electron chi connectivity index (χ4n) is 1.76. The molecule has 0 fully saturated rings. The van der Waals surface area contributed by atoms with E-state index in [2.05, 4.69) is 26.1 Å². The van der Waals surface area contributed by atoms with Gasteiger partial charge in [-0.05, 0) is 22.9 Å². The van der Waals surface area contributed by atoms with Gasteiger partial charge in [0.1, 0.15) is 11.4 Å². The highest BCUT2D eigenvalue weighted by atomic mass is 79.9. The van der Waals surface area contributed by atoms with Crippen LogP contribution in [0, 0.1) is 0 Å². The Balaban J connectivity index is 2.32. The van der Waals surface area contributed by atoms with Crippen LogP contribution in [0.3, 0.4) is 0 Å². The summed E-state index contributed by atoms with van der Waals surface area (Å²) < 4.78 is 0.630. The number of nitrogens with one attached hydrogen (secondary N) is 1. The minimum Gasteiger partial charge on any atom is -0.394 e. The summed E-state index contributed by atoms with van der Waals surface area (Å²) in [4.78, 5) is 13.8. The van der Waals surface area contributed by atoms with Gasteiger partial charge in [-0.25, -0.2) is 0 Å². The molecule has 2 N–H and O–H groups in total. The highest BCUT2D eigenvalue weighted by molar-refractivity contribution is 9.10. The molecular formula is C14H16BrN3O2. The average molecular weight is 338 g/mol.